The number of allylic oxidation sites excluding steroid dienone is 4. The molecule has 0 spiro atoms. The molecule has 4 fully saturated rings. The van der Waals surface area contributed by atoms with Gasteiger partial charge < -0.3 is 29.7 Å². The Morgan fingerprint density at radius 1 is 1.06 bits per heavy atom. The zero-order chi connectivity index (χ0) is 37.9. The Labute approximate surface area is 311 Å². The third-order valence-corrected chi connectivity index (χ3v) is 13.1. The Morgan fingerprint density at radius 3 is 2.53 bits per heavy atom. The van der Waals surface area contributed by atoms with Gasteiger partial charge in [-0.05, 0) is 79.9 Å². The number of nitrogens with one attached hydrogen (secondary N) is 1. The maximum atomic E-state index is 13.9. The molecule has 0 radical (unpaired) electrons. The number of hydrogen-bond acceptors (Lipinski definition) is 9. The molecule has 3 N–H and O–H groups in total. The topological polar surface area (TPSA) is 148 Å². The molecule has 0 unspecified atom stereocenters. The van der Waals surface area contributed by atoms with Crippen LogP contribution in [-0.4, -0.2) is 63.9 Å². The van der Waals surface area contributed by atoms with Crippen LogP contribution in [0.4, 0.5) is 0 Å². The average molecular weight is 726 g/mol. The maximum absolute atomic E-state index is 13.9. The van der Waals surface area contributed by atoms with Crippen LogP contribution in [-0.2, 0) is 41.7 Å². The van der Waals surface area contributed by atoms with Gasteiger partial charge in [0, 0.05) is 34.7 Å². The zero-order valence-electron chi connectivity index (χ0n) is 31.2. The monoisotopic (exact) mass is 725 g/mol. The van der Waals surface area contributed by atoms with E-state index in [1.807, 2.05) is 61.5 Å². The van der Waals surface area contributed by atoms with Crippen LogP contribution in [0.25, 0.3) is 0 Å². The van der Waals surface area contributed by atoms with E-state index in [9.17, 15) is 29.4 Å². The first kappa shape index (κ1) is 37.4. The minimum absolute atomic E-state index is 0.0153. The Kier molecular flexibility index (Phi) is 9.89. The van der Waals surface area contributed by atoms with Crippen molar-refractivity contribution in [2.24, 2.45) is 34.5 Å². The van der Waals surface area contributed by atoms with E-state index in [2.05, 4.69) is 12.2 Å². The molecule has 0 bridgehead atoms. The zero-order valence-corrected chi connectivity index (χ0v) is 31.2. The number of carbonyl (C=O) groups excluding carboxylic acids is 4. The third-order valence-electron chi connectivity index (χ3n) is 13.1. The van der Waals surface area contributed by atoms with E-state index in [1.165, 1.54) is 0 Å². The number of fused-ring (bicyclic) bond motifs is 7. The summed E-state index contributed by atoms with van der Waals surface area (Å²) in [6.07, 6.45) is 5.78. The molecular weight excluding hydrogens is 674 g/mol. The molecule has 3 saturated carbocycles. The fourth-order valence-corrected chi connectivity index (χ4v) is 10.3. The summed E-state index contributed by atoms with van der Waals surface area (Å²) in [6, 6.07) is 14.4. The molecule has 7 rings (SSSR count). The Bertz CT molecular complexity index is 1850. The molecule has 0 aromatic heterocycles. The van der Waals surface area contributed by atoms with E-state index in [1.54, 1.807) is 32.9 Å². The smallest absolute Gasteiger partial charge is 0.223 e. The molecule has 10 nitrogen and oxygen atoms in total. The van der Waals surface area contributed by atoms with Crippen LogP contribution in [0.1, 0.15) is 83.3 Å². The summed E-state index contributed by atoms with van der Waals surface area (Å²) < 4.78 is 19.4. The van der Waals surface area contributed by atoms with Crippen LogP contribution >= 0.6 is 0 Å². The van der Waals surface area contributed by atoms with E-state index < -0.39 is 53.4 Å². The number of benzene rings is 2. The molecule has 53 heavy (non-hydrogen) atoms. The fraction of sp³-hybridized carbons (Fsp3) is 0.535. The number of ketones is 3. The van der Waals surface area contributed by atoms with Gasteiger partial charge in [-0.25, -0.2) is 0 Å². The van der Waals surface area contributed by atoms with Gasteiger partial charge in [-0.2, -0.15) is 0 Å². The summed E-state index contributed by atoms with van der Waals surface area (Å²) in [5.74, 6) is -0.259. The van der Waals surface area contributed by atoms with E-state index in [0.29, 0.717) is 18.6 Å². The Hall–Kier alpha value is -3.96. The van der Waals surface area contributed by atoms with Crippen LogP contribution in [0.15, 0.2) is 72.3 Å². The second-order valence-electron chi connectivity index (χ2n) is 16.5. The van der Waals surface area contributed by atoms with Crippen LogP contribution in [0.3, 0.4) is 0 Å². The molecule has 2 aromatic carbocycles. The fourth-order valence-electron chi connectivity index (χ4n) is 10.3. The SMILES string of the molecule is CC(C)C(=O)N[C@@H](C)C(=O)Cc1cccc(OCc2ccc([C@@H]3O[C@@H]4C[C@H]5[C@@H]6CCC7=CC(=O)C=C[C@]7(C)[C@H]6[C@@H](O)C[C@]5(C)[C@]4(C(=O)CO)O3)cc2)c1. The standard InChI is InChI=1S/C43H51NO9/c1-24(2)39(50)44-25(3)34(47)18-27-7-6-8-31(17-27)51-23-26-9-11-28(12-10-26)40-52-37-20-33-32-14-13-29-19-30(46)15-16-41(29,4)38(32)35(48)21-42(33,5)43(37,53-40)36(49)22-45/h6-12,15-17,19,24-25,32-33,35,37-38,40,45,48H,13-14,18,20-23H2,1-5H3,(H,44,50)/t25-,32-,33-,35-,37+,38+,40+,41-,42-,43+/m0/s1. The van der Waals surface area contributed by atoms with Gasteiger partial charge in [-0.3, -0.25) is 19.2 Å². The van der Waals surface area contributed by atoms with Crippen molar-refractivity contribution in [2.75, 3.05) is 6.61 Å². The summed E-state index contributed by atoms with van der Waals surface area (Å²) in [5, 5.41) is 24.9. The second-order valence-corrected chi connectivity index (χ2v) is 16.5. The van der Waals surface area contributed by atoms with Gasteiger partial charge in [0.2, 0.25) is 5.91 Å². The average Bonchev–Trinajstić information content (AvgIpc) is 3.63. The number of amides is 1. The van der Waals surface area contributed by atoms with Crippen molar-refractivity contribution >= 4 is 23.3 Å². The number of aliphatic hydroxyl groups is 2. The van der Waals surface area contributed by atoms with Crippen LogP contribution < -0.4 is 10.1 Å². The van der Waals surface area contributed by atoms with Crippen molar-refractivity contribution in [1.82, 2.24) is 5.32 Å². The van der Waals surface area contributed by atoms with Crippen LogP contribution in [0.5, 0.6) is 5.75 Å². The van der Waals surface area contributed by atoms with Crippen molar-refractivity contribution in [3.63, 3.8) is 0 Å². The number of carbonyl (C=O) groups is 4. The Balaban J connectivity index is 1.03. The lowest BCUT2D eigenvalue weighted by Crippen LogP contribution is -2.63. The first-order valence-electron chi connectivity index (χ1n) is 18.9. The Morgan fingerprint density at radius 2 is 1.81 bits per heavy atom. The third kappa shape index (κ3) is 6.31. The van der Waals surface area contributed by atoms with Gasteiger partial charge in [-0.15, -0.1) is 0 Å². The quantitative estimate of drug-likeness (QED) is 0.287. The molecule has 10 atom stereocenters. The molecule has 4 aliphatic carbocycles. The summed E-state index contributed by atoms with van der Waals surface area (Å²) in [6.45, 7) is 9.00. The highest BCUT2D eigenvalue weighted by molar-refractivity contribution is 6.01. The summed E-state index contributed by atoms with van der Waals surface area (Å²) in [4.78, 5) is 50.8. The lowest BCUT2D eigenvalue weighted by atomic mass is 9.46. The molecule has 5 aliphatic rings. The van der Waals surface area contributed by atoms with Gasteiger partial charge in [0.25, 0.3) is 0 Å². The van der Waals surface area contributed by atoms with Crippen molar-refractivity contribution in [3.8, 4) is 5.75 Å². The maximum Gasteiger partial charge on any atom is 0.223 e. The van der Waals surface area contributed by atoms with E-state index in [0.717, 1.165) is 35.1 Å². The summed E-state index contributed by atoms with van der Waals surface area (Å²) in [7, 11) is 0. The van der Waals surface area contributed by atoms with Gasteiger partial charge in [-0.1, -0.05) is 75.7 Å². The highest BCUT2D eigenvalue weighted by Gasteiger charge is 2.75. The minimum atomic E-state index is -1.41. The van der Waals surface area contributed by atoms with Crippen LogP contribution in [0, 0.1) is 34.5 Å². The second kappa shape index (κ2) is 14.0. The lowest BCUT2D eigenvalue weighted by molar-refractivity contribution is -0.201. The molecular formula is C43H51NO9. The normalized spacial score (nSPS) is 34.7. The molecule has 2 aromatic rings. The summed E-state index contributed by atoms with van der Waals surface area (Å²) >= 11 is 0. The van der Waals surface area contributed by atoms with Gasteiger partial charge in [0.1, 0.15) is 19.0 Å². The molecule has 10 heteroatoms. The largest absolute Gasteiger partial charge is 0.489 e. The number of hydrogen-bond donors (Lipinski definition) is 3. The molecule has 1 heterocycles. The van der Waals surface area contributed by atoms with Crippen molar-refractivity contribution in [3.05, 3.63) is 89.0 Å². The number of rotatable bonds is 11. The lowest BCUT2D eigenvalue weighted by Gasteiger charge is -2.59. The van der Waals surface area contributed by atoms with Crippen molar-refractivity contribution in [1.29, 1.82) is 0 Å². The van der Waals surface area contributed by atoms with Gasteiger partial charge in [0.15, 0.2) is 29.2 Å². The molecule has 282 valence electrons. The van der Waals surface area contributed by atoms with Crippen molar-refractivity contribution < 1.29 is 43.6 Å². The number of ether oxygens (including phenoxy) is 3. The van der Waals surface area contributed by atoms with Crippen molar-refractivity contribution in [2.45, 2.75) is 103 Å². The van der Waals surface area contributed by atoms with Gasteiger partial charge >= 0.3 is 0 Å². The molecule has 1 aliphatic heterocycles. The minimum Gasteiger partial charge on any atom is -0.489 e. The van der Waals surface area contributed by atoms with Crippen LogP contribution in [0.2, 0.25) is 0 Å². The first-order valence-corrected chi connectivity index (χ1v) is 18.9. The highest BCUT2D eigenvalue weighted by atomic mass is 16.7. The first-order chi connectivity index (χ1) is 25.2. The predicted molar refractivity (Wildman–Crippen MR) is 195 cm³/mol. The van der Waals surface area contributed by atoms with Gasteiger partial charge in [0.05, 0.1) is 18.2 Å². The van der Waals surface area contributed by atoms with E-state index in [4.69, 9.17) is 14.2 Å². The molecule has 1 saturated heterocycles. The molecule has 1 amide bonds. The number of aliphatic hydroxyl groups excluding tert-OH is 2. The highest BCUT2D eigenvalue weighted by Crippen LogP contribution is 2.70. The van der Waals surface area contributed by atoms with E-state index >= 15 is 0 Å². The number of Topliss-reactive ketones (excluding diaryl/α,β-unsaturated/α-hetero) is 2. The predicted octanol–water partition coefficient (Wildman–Crippen LogP) is 5.14. The summed E-state index contributed by atoms with van der Waals surface area (Å²) in [5.41, 5.74) is 0.863. The van der Waals surface area contributed by atoms with E-state index in [-0.39, 0.29) is 54.2 Å².